The van der Waals surface area contributed by atoms with E-state index in [1.807, 2.05) is 0 Å². The van der Waals surface area contributed by atoms with Gasteiger partial charge in [0.05, 0.1) is 18.8 Å². The average molecular weight is 413 g/mol. The Hall–Kier alpha value is -1.47. The Morgan fingerprint density at radius 1 is 1.18 bits per heavy atom. The summed E-state index contributed by atoms with van der Waals surface area (Å²) >= 11 is 3.43. The zero-order valence-electron chi connectivity index (χ0n) is 15.8. The molecule has 5 rings (SSSR count). The van der Waals surface area contributed by atoms with Gasteiger partial charge in [0.1, 0.15) is 16.2 Å². The molecule has 0 saturated heterocycles. The largest absolute Gasteiger partial charge is 0.390 e. The molecule has 0 bridgehead atoms. The smallest absolute Gasteiger partial charge is 0.128 e. The van der Waals surface area contributed by atoms with Crippen LogP contribution in [0.25, 0.3) is 10.2 Å². The van der Waals surface area contributed by atoms with Gasteiger partial charge in [0.2, 0.25) is 0 Å². The summed E-state index contributed by atoms with van der Waals surface area (Å²) in [6.07, 6.45) is 8.09. The van der Waals surface area contributed by atoms with Gasteiger partial charge in [-0.2, -0.15) is 0 Å². The summed E-state index contributed by atoms with van der Waals surface area (Å²) in [6.45, 7) is 0.363. The summed E-state index contributed by atoms with van der Waals surface area (Å²) in [5, 5.41) is 12.7. The molecule has 2 aliphatic rings. The maximum Gasteiger partial charge on any atom is 0.128 e. The zero-order chi connectivity index (χ0) is 18.9. The molecule has 0 fully saturated rings. The predicted molar refractivity (Wildman–Crippen MR) is 114 cm³/mol. The highest BCUT2D eigenvalue weighted by molar-refractivity contribution is 7.99. The second-order valence-electron chi connectivity index (χ2n) is 7.59. The van der Waals surface area contributed by atoms with Gasteiger partial charge in [-0.25, -0.2) is 9.97 Å². The Balaban J connectivity index is 1.22. The minimum absolute atomic E-state index is 0.107. The van der Waals surface area contributed by atoms with E-state index in [0.29, 0.717) is 12.4 Å². The van der Waals surface area contributed by atoms with Crippen molar-refractivity contribution >= 4 is 33.3 Å². The van der Waals surface area contributed by atoms with Crippen LogP contribution in [0.5, 0.6) is 0 Å². The molecule has 2 atom stereocenters. The molecule has 2 aliphatic carbocycles. The van der Waals surface area contributed by atoms with E-state index in [0.717, 1.165) is 35.5 Å². The van der Waals surface area contributed by atoms with Gasteiger partial charge < -0.3 is 9.84 Å². The van der Waals surface area contributed by atoms with Crippen molar-refractivity contribution < 1.29 is 9.84 Å². The van der Waals surface area contributed by atoms with E-state index < -0.39 is 6.10 Å². The third-order valence-corrected chi connectivity index (χ3v) is 8.02. The highest BCUT2D eigenvalue weighted by Crippen LogP contribution is 2.40. The van der Waals surface area contributed by atoms with Crippen LogP contribution in [0.3, 0.4) is 0 Å². The molecular formula is C22H24N2O2S2. The molecule has 2 aromatic heterocycles. The van der Waals surface area contributed by atoms with Gasteiger partial charge in [0, 0.05) is 16.0 Å². The third-order valence-electron chi connectivity index (χ3n) is 5.68. The maximum absolute atomic E-state index is 10.5. The van der Waals surface area contributed by atoms with Crippen LogP contribution in [0.4, 0.5) is 0 Å². The van der Waals surface area contributed by atoms with E-state index >= 15 is 0 Å². The van der Waals surface area contributed by atoms with Crippen molar-refractivity contribution in [2.75, 3.05) is 12.4 Å². The monoisotopic (exact) mass is 412 g/mol. The fourth-order valence-electron chi connectivity index (χ4n) is 4.34. The van der Waals surface area contributed by atoms with Crippen molar-refractivity contribution in [1.29, 1.82) is 0 Å². The van der Waals surface area contributed by atoms with Crippen LogP contribution in [0.1, 0.15) is 46.9 Å². The number of fused-ring (bicyclic) bond motifs is 4. The van der Waals surface area contributed by atoms with Crippen LogP contribution >= 0.6 is 23.1 Å². The fourth-order valence-corrected chi connectivity index (χ4v) is 6.57. The van der Waals surface area contributed by atoms with E-state index in [1.54, 1.807) is 29.4 Å². The summed E-state index contributed by atoms with van der Waals surface area (Å²) in [5.41, 5.74) is 4.12. The summed E-state index contributed by atoms with van der Waals surface area (Å²) < 4.78 is 6.11. The topological polar surface area (TPSA) is 55.2 Å². The van der Waals surface area contributed by atoms with Gasteiger partial charge in [-0.05, 0) is 55.2 Å². The van der Waals surface area contributed by atoms with Crippen molar-refractivity contribution in [2.45, 2.75) is 55.8 Å². The molecule has 0 unspecified atom stereocenters. The van der Waals surface area contributed by atoms with E-state index in [4.69, 9.17) is 4.74 Å². The number of benzene rings is 1. The number of hydrogen-bond donors (Lipinski definition) is 1. The lowest BCUT2D eigenvalue weighted by Gasteiger charge is -2.26. The molecule has 0 saturated carbocycles. The quantitative estimate of drug-likeness (QED) is 0.469. The number of aryl methyl sites for hydroxylation is 3. The van der Waals surface area contributed by atoms with Crippen molar-refractivity contribution in [3.05, 3.63) is 52.2 Å². The van der Waals surface area contributed by atoms with E-state index in [-0.39, 0.29) is 6.10 Å². The fraction of sp³-hybridized carbons (Fsp3) is 0.455. The van der Waals surface area contributed by atoms with Crippen molar-refractivity contribution in [3.63, 3.8) is 0 Å². The minimum Gasteiger partial charge on any atom is -0.390 e. The first-order valence-corrected chi connectivity index (χ1v) is 11.9. The third kappa shape index (κ3) is 3.59. The number of aliphatic hydroxyl groups is 1. The number of thiophene rings is 1. The lowest BCUT2D eigenvalue weighted by Crippen LogP contribution is -2.22. The first-order valence-electron chi connectivity index (χ1n) is 10.0. The number of thioether (sulfide) groups is 1. The minimum atomic E-state index is -0.504. The van der Waals surface area contributed by atoms with Crippen molar-refractivity contribution in [1.82, 2.24) is 9.97 Å². The summed E-state index contributed by atoms with van der Waals surface area (Å²) in [6, 6.07) is 8.52. The SMILES string of the molecule is O[C@H](CO[C@H]1CCCc2ccccc21)CSc1ncnc2sc3c(c12)CCC3. The number of aliphatic hydroxyl groups excluding tert-OH is 1. The average Bonchev–Trinajstić information content (AvgIpc) is 3.32. The van der Waals surface area contributed by atoms with Crippen LogP contribution in [0.15, 0.2) is 35.6 Å². The Morgan fingerprint density at radius 2 is 2.11 bits per heavy atom. The van der Waals surface area contributed by atoms with Gasteiger partial charge in [0.15, 0.2) is 0 Å². The van der Waals surface area contributed by atoms with Gasteiger partial charge in [-0.3, -0.25) is 0 Å². The molecule has 2 heterocycles. The second-order valence-corrected chi connectivity index (χ2v) is 9.69. The van der Waals surface area contributed by atoms with Crippen LogP contribution < -0.4 is 0 Å². The molecule has 6 heteroatoms. The van der Waals surface area contributed by atoms with E-state index in [9.17, 15) is 5.11 Å². The van der Waals surface area contributed by atoms with E-state index in [1.165, 1.54) is 39.8 Å². The summed E-state index contributed by atoms with van der Waals surface area (Å²) in [4.78, 5) is 11.5. The summed E-state index contributed by atoms with van der Waals surface area (Å²) in [5.74, 6) is 0.588. The van der Waals surface area contributed by atoms with E-state index in [2.05, 4.69) is 34.2 Å². The number of rotatable bonds is 6. The summed E-state index contributed by atoms with van der Waals surface area (Å²) in [7, 11) is 0. The van der Waals surface area contributed by atoms with Gasteiger partial charge in [-0.15, -0.1) is 23.1 Å². The lowest BCUT2D eigenvalue weighted by atomic mass is 9.89. The number of hydrogen-bond acceptors (Lipinski definition) is 6. The first-order chi connectivity index (χ1) is 13.8. The number of aromatic nitrogens is 2. The van der Waals surface area contributed by atoms with Crippen LogP contribution in [0.2, 0.25) is 0 Å². The Bertz CT molecular complexity index is 988. The highest BCUT2D eigenvalue weighted by Gasteiger charge is 2.23. The Labute approximate surface area is 173 Å². The van der Waals surface area contributed by atoms with Crippen molar-refractivity contribution in [2.24, 2.45) is 0 Å². The molecule has 0 spiro atoms. The highest BCUT2D eigenvalue weighted by atomic mass is 32.2. The molecular weight excluding hydrogens is 388 g/mol. The zero-order valence-corrected chi connectivity index (χ0v) is 17.4. The van der Waals surface area contributed by atoms with Gasteiger partial charge in [-0.1, -0.05) is 24.3 Å². The number of nitrogens with zero attached hydrogens (tertiary/aromatic N) is 2. The predicted octanol–water partition coefficient (Wildman–Crippen LogP) is 4.73. The lowest BCUT2D eigenvalue weighted by molar-refractivity contribution is -0.00959. The molecule has 1 aromatic carbocycles. The molecule has 3 aromatic rings. The molecule has 0 aliphatic heterocycles. The van der Waals surface area contributed by atoms with Crippen LogP contribution in [-0.4, -0.2) is 33.5 Å². The first kappa shape index (κ1) is 18.6. The molecule has 4 nitrogen and oxygen atoms in total. The molecule has 0 amide bonds. The maximum atomic E-state index is 10.5. The van der Waals surface area contributed by atoms with Gasteiger partial charge >= 0.3 is 0 Å². The molecule has 146 valence electrons. The Kier molecular flexibility index (Phi) is 5.37. The second kappa shape index (κ2) is 8.11. The van der Waals surface area contributed by atoms with Gasteiger partial charge in [0.25, 0.3) is 0 Å². The molecule has 28 heavy (non-hydrogen) atoms. The molecule has 1 N–H and O–H groups in total. The molecule has 0 radical (unpaired) electrons. The normalized spacial score (nSPS) is 19.5. The van der Waals surface area contributed by atoms with Crippen LogP contribution in [-0.2, 0) is 24.0 Å². The standard InChI is InChI=1S/C22H24N2O2S2/c25-15(11-26-18-9-3-6-14-5-1-2-7-16(14)18)12-27-21-20-17-8-4-10-19(17)28-22(20)24-13-23-21/h1-2,5,7,13,15,18,25H,3-4,6,8-12H2/t15-,18+/m1/s1. The Morgan fingerprint density at radius 3 is 3.07 bits per heavy atom. The van der Waals surface area contributed by atoms with Crippen molar-refractivity contribution in [3.8, 4) is 0 Å². The number of ether oxygens (including phenoxy) is 1. The van der Waals surface area contributed by atoms with Crippen LogP contribution in [0, 0.1) is 0 Å².